The summed E-state index contributed by atoms with van der Waals surface area (Å²) in [6.07, 6.45) is 0.550. The van der Waals surface area contributed by atoms with Crippen LogP contribution in [0.2, 0.25) is 5.02 Å². The van der Waals surface area contributed by atoms with Crippen LogP contribution in [0.15, 0.2) is 16.9 Å². The summed E-state index contributed by atoms with van der Waals surface area (Å²) in [7, 11) is 0. The lowest BCUT2D eigenvalue weighted by atomic mass is 9.98. The van der Waals surface area contributed by atoms with E-state index < -0.39 is 18.8 Å². The van der Waals surface area contributed by atoms with Crippen molar-refractivity contribution in [3.8, 4) is 11.4 Å². The Morgan fingerprint density at radius 3 is 2.74 bits per heavy atom. The first kappa shape index (κ1) is 16.0. The second kappa shape index (κ2) is 6.31. The number of alkyl halides is 2. The second-order valence-corrected chi connectivity index (χ2v) is 5.76. The molecule has 0 spiro atoms. The summed E-state index contributed by atoms with van der Waals surface area (Å²) in [5, 5.41) is 2.76. The summed E-state index contributed by atoms with van der Waals surface area (Å²) in [6, 6.07) is 2.10. The molecule has 0 amide bonds. The number of aryl methyl sites for hydroxylation is 1. The number of nitrogens with one attached hydrogen (secondary N) is 1. The Bertz CT molecular complexity index is 786. The van der Waals surface area contributed by atoms with Crippen molar-refractivity contribution < 1.29 is 17.9 Å². The van der Waals surface area contributed by atoms with Gasteiger partial charge in [-0.1, -0.05) is 11.6 Å². The molecule has 0 saturated carbocycles. The predicted octanol–water partition coefficient (Wildman–Crippen LogP) is 3.48. The van der Waals surface area contributed by atoms with Crippen LogP contribution in [-0.2, 0) is 12.8 Å². The first-order valence-corrected chi connectivity index (χ1v) is 7.58. The van der Waals surface area contributed by atoms with Crippen molar-refractivity contribution in [3.05, 3.63) is 44.6 Å². The third kappa shape index (κ3) is 3.10. The van der Waals surface area contributed by atoms with Gasteiger partial charge in [-0.2, -0.15) is 0 Å². The van der Waals surface area contributed by atoms with Crippen molar-refractivity contribution in [1.29, 1.82) is 0 Å². The van der Waals surface area contributed by atoms with Crippen molar-refractivity contribution in [3.63, 3.8) is 0 Å². The van der Waals surface area contributed by atoms with Gasteiger partial charge in [-0.3, -0.25) is 9.89 Å². The zero-order valence-corrected chi connectivity index (χ0v) is 12.8. The first-order chi connectivity index (χ1) is 11.0. The number of fused-ring (bicyclic) bond motifs is 1. The predicted molar refractivity (Wildman–Crippen MR) is 79.5 cm³/mol. The number of hydrogen-bond acceptors (Lipinski definition) is 2. The number of benzene rings is 1. The zero-order chi connectivity index (χ0) is 16.6. The van der Waals surface area contributed by atoms with Crippen LogP contribution in [0.1, 0.15) is 24.1 Å². The number of halogens is 4. The van der Waals surface area contributed by atoms with Crippen LogP contribution in [0, 0.1) is 5.82 Å². The summed E-state index contributed by atoms with van der Waals surface area (Å²) in [6.45, 7) is -0.860. The Balaban J connectivity index is 2.04. The number of aromatic amines is 1. The van der Waals surface area contributed by atoms with E-state index in [0.29, 0.717) is 12.0 Å². The van der Waals surface area contributed by atoms with Gasteiger partial charge in [-0.25, -0.2) is 17.9 Å². The number of aromatic nitrogens is 2. The van der Waals surface area contributed by atoms with E-state index in [9.17, 15) is 18.0 Å². The van der Waals surface area contributed by atoms with Gasteiger partial charge in [-0.15, -0.1) is 0 Å². The molecule has 0 atom stereocenters. The van der Waals surface area contributed by atoms with Gasteiger partial charge in [0.25, 0.3) is 12.0 Å². The van der Waals surface area contributed by atoms with E-state index in [-0.39, 0.29) is 22.0 Å². The van der Waals surface area contributed by atoms with Gasteiger partial charge in [0.2, 0.25) is 0 Å². The van der Waals surface area contributed by atoms with Gasteiger partial charge in [-0.05, 0) is 31.7 Å². The van der Waals surface area contributed by atoms with Crippen LogP contribution < -0.4 is 10.3 Å². The van der Waals surface area contributed by atoms with Crippen LogP contribution >= 0.6 is 11.6 Å². The minimum absolute atomic E-state index is 0.0946. The molecule has 1 aromatic heterocycles. The lowest BCUT2D eigenvalue weighted by Gasteiger charge is -2.11. The molecule has 0 fully saturated rings. The largest absolute Gasteiger partial charge is 0.486 e. The molecule has 0 unspecified atom stereocenters. The molecule has 0 bridgehead atoms. The quantitative estimate of drug-likeness (QED) is 0.921. The molecular formula is C15H14ClF3N2O2. The van der Waals surface area contributed by atoms with Crippen molar-refractivity contribution in [2.75, 3.05) is 6.61 Å². The van der Waals surface area contributed by atoms with E-state index in [1.165, 1.54) is 0 Å². The Hall–Kier alpha value is -1.89. The van der Waals surface area contributed by atoms with Crippen LogP contribution in [0.5, 0.6) is 5.75 Å². The highest BCUT2D eigenvalue weighted by Gasteiger charge is 2.21. The van der Waals surface area contributed by atoms with Crippen molar-refractivity contribution in [2.24, 2.45) is 0 Å². The van der Waals surface area contributed by atoms with Gasteiger partial charge in [0.15, 0.2) is 5.82 Å². The van der Waals surface area contributed by atoms with E-state index in [1.54, 1.807) is 0 Å². The van der Waals surface area contributed by atoms with E-state index in [1.807, 2.05) is 0 Å². The number of nitrogens with zero attached hydrogens (tertiary/aromatic N) is 1. The maximum absolute atomic E-state index is 14.2. The monoisotopic (exact) mass is 346 g/mol. The smallest absolute Gasteiger partial charge is 0.274 e. The summed E-state index contributed by atoms with van der Waals surface area (Å²) in [5.41, 5.74) is 0.991. The molecule has 1 aliphatic rings. The molecular weight excluding hydrogens is 333 g/mol. The number of H-pyrrole nitrogens is 1. The average molecular weight is 347 g/mol. The summed E-state index contributed by atoms with van der Waals surface area (Å²) in [4.78, 5) is 12.4. The van der Waals surface area contributed by atoms with E-state index >= 15 is 0 Å². The normalized spacial score (nSPS) is 14.1. The zero-order valence-electron chi connectivity index (χ0n) is 12.0. The van der Waals surface area contributed by atoms with E-state index in [2.05, 4.69) is 5.10 Å². The SMILES string of the molecule is O=c1c2c([nH]n1-c1cc(OCC(F)F)c(Cl)cc1F)CCCC2. The fraction of sp³-hybridized carbons (Fsp3) is 0.400. The molecule has 23 heavy (non-hydrogen) atoms. The Morgan fingerprint density at radius 2 is 2.04 bits per heavy atom. The molecule has 0 radical (unpaired) electrons. The molecule has 124 valence electrons. The second-order valence-electron chi connectivity index (χ2n) is 5.35. The summed E-state index contributed by atoms with van der Waals surface area (Å²) in [5.74, 6) is -0.831. The van der Waals surface area contributed by atoms with Gasteiger partial charge in [0.1, 0.15) is 18.0 Å². The molecule has 1 aliphatic carbocycles. The lowest BCUT2D eigenvalue weighted by molar-refractivity contribution is 0.0819. The molecule has 4 nitrogen and oxygen atoms in total. The van der Waals surface area contributed by atoms with Crippen LogP contribution in [0.25, 0.3) is 5.69 Å². The average Bonchev–Trinajstić information content (AvgIpc) is 2.84. The highest BCUT2D eigenvalue weighted by atomic mass is 35.5. The molecule has 8 heteroatoms. The van der Waals surface area contributed by atoms with E-state index in [0.717, 1.165) is 41.8 Å². The Labute approximate surface area is 134 Å². The fourth-order valence-electron chi connectivity index (χ4n) is 2.71. The van der Waals surface area contributed by atoms with Crippen LogP contribution in [0.4, 0.5) is 13.2 Å². The molecule has 1 heterocycles. The Kier molecular flexibility index (Phi) is 4.39. The highest BCUT2D eigenvalue weighted by molar-refractivity contribution is 6.32. The van der Waals surface area contributed by atoms with Crippen molar-refractivity contribution in [2.45, 2.75) is 32.1 Å². The maximum Gasteiger partial charge on any atom is 0.274 e. The summed E-state index contributed by atoms with van der Waals surface area (Å²) < 4.78 is 44.7. The molecule has 3 rings (SSSR count). The number of rotatable bonds is 4. The summed E-state index contributed by atoms with van der Waals surface area (Å²) >= 11 is 5.81. The van der Waals surface area contributed by atoms with Gasteiger partial charge in [0, 0.05) is 17.3 Å². The first-order valence-electron chi connectivity index (χ1n) is 7.20. The minimum Gasteiger partial charge on any atom is -0.486 e. The molecule has 0 saturated heterocycles. The highest BCUT2D eigenvalue weighted by Crippen LogP contribution is 2.30. The third-order valence-corrected chi connectivity index (χ3v) is 4.08. The van der Waals surface area contributed by atoms with E-state index in [4.69, 9.17) is 16.3 Å². The molecule has 1 aromatic carbocycles. The number of ether oxygens (including phenoxy) is 1. The van der Waals surface area contributed by atoms with Crippen molar-refractivity contribution >= 4 is 11.6 Å². The third-order valence-electron chi connectivity index (χ3n) is 3.78. The maximum atomic E-state index is 14.2. The van der Waals surface area contributed by atoms with Crippen molar-refractivity contribution in [1.82, 2.24) is 9.78 Å². The fourth-order valence-corrected chi connectivity index (χ4v) is 2.91. The lowest BCUT2D eigenvalue weighted by Crippen LogP contribution is -2.19. The van der Waals surface area contributed by atoms with Gasteiger partial charge < -0.3 is 4.74 Å². The van der Waals surface area contributed by atoms with Gasteiger partial charge in [0.05, 0.1) is 5.02 Å². The standard InChI is InChI=1S/C15H14ClF3N2O2/c16-9-5-10(17)12(6-13(9)23-7-14(18)19)21-15(22)8-3-1-2-4-11(8)20-21/h5-6,14,20H,1-4,7H2. The minimum atomic E-state index is -2.68. The molecule has 0 aliphatic heterocycles. The van der Waals surface area contributed by atoms with Crippen LogP contribution in [0.3, 0.4) is 0 Å². The molecule has 2 aromatic rings. The number of hydrogen-bond donors (Lipinski definition) is 1. The van der Waals surface area contributed by atoms with Crippen LogP contribution in [-0.4, -0.2) is 22.8 Å². The van der Waals surface area contributed by atoms with Gasteiger partial charge >= 0.3 is 0 Å². The molecule has 1 N–H and O–H groups in total. The Morgan fingerprint density at radius 1 is 1.30 bits per heavy atom. The topological polar surface area (TPSA) is 47.0 Å².